The monoisotopic (exact) mass is 316 g/mol. The van der Waals surface area contributed by atoms with E-state index in [1.54, 1.807) is 6.26 Å². The molecule has 0 unspecified atom stereocenters. The van der Waals surface area contributed by atoms with E-state index in [1.165, 1.54) is 0 Å². The van der Waals surface area contributed by atoms with E-state index in [0.717, 1.165) is 50.8 Å². The highest BCUT2D eigenvalue weighted by atomic mass is 16.3. The van der Waals surface area contributed by atoms with Crippen molar-refractivity contribution < 1.29 is 4.42 Å². The standard InChI is InChI=1S/C21H20N2O/c1-13(2)11-16-6-7-17-18(19-14(3)5-4-9-22-19)12-15-8-10-24-21(15)20(17)23-16/h4-10,12-13H,11H2,1-3H3. The average Bonchev–Trinajstić information content (AvgIpc) is 3.03. The number of aromatic nitrogens is 2. The number of furan rings is 1. The molecule has 24 heavy (non-hydrogen) atoms. The number of fused-ring (bicyclic) bond motifs is 3. The molecule has 0 spiro atoms. The van der Waals surface area contributed by atoms with Gasteiger partial charge in [0.1, 0.15) is 5.52 Å². The summed E-state index contributed by atoms with van der Waals surface area (Å²) in [5.74, 6) is 0.572. The van der Waals surface area contributed by atoms with Gasteiger partial charge in [0.25, 0.3) is 0 Å². The van der Waals surface area contributed by atoms with E-state index >= 15 is 0 Å². The van der Waals surface area contributed by atoms with E-state index in [4.69, 9.17) is 9.40 Å². The van der Waals surface area contributed by atoms with Crippen LogP contribution in [-0.2, 0) is 6.42 Å². The number of hydrogen-bond acceptors (Lipinski definition) is 3. The summed E-state index contributed by atoms with van der Waals surface area (Å²) in [6, 6.07) is 12.5. The third kappa shape index (κ3) is 2.46. The molecule has 0 N–H and O–H groups in total. The van der Waals surface area contributed by atoms with Crippen LogP contribution >= 0.6 is 0 Å². The van der Waals surface area contributed by atoms with Crippen LogP contribution in [0.1, 0.15) is 25.1 Å². The maximum Gasteiger partial charge on any atom is 0.160 e. The number of nitrogens with zero attached hydrogens (tertiary/aromatic N) is 2. The van der Waals surface area contributed by atoms with Gasteiger partial charge in [-0.15, -0.1) is 0 Å². The van der Waals surface area contributed by atoms with Gasteiger partial charge in [0.05, 0.1) is 12.0 Å². The SMILES string of the molecule is Cc1cccnc1-c1cc2ccoc2c2nc(CC(C)C)ccc12. The maximum absolute atomic E-state index is 5.73. The molecule has 0 aliphatic rings. The topological polar surface area (TPSA) is 38.9 Å². The molecular weight excluding hydrogens is 296 g/mol. The molecule has 0 bridgehead atoms. The second-order valence-electron chi connectivity index (χ2n) is 6.73. The summed E-state index contributed by atoms with van der Waals surface area (Å²) in [5, 5.41) is 2.16. The second kappa shape index (κ2) is 5.75. The number of aryl methyl sites for hydroxylation is 1. The Morgan fingerprint density at radius 1 is 1.12 bits per heavy atom. The highest BCUT2D eigenvalue weighted by molar-refractivity contribution is 6.09. The third-order valence-corrected chi connectivity index (χ3v) is 4.34. The van der Waals surface area contributed by atoms with Crippen LogP contribution in [-0.4, -0.2) is 9.97 Å². The highest BCUT2D eigenvalue weighted by Gasteiger charge is 2.15. The molecule has 120 valence electrons. The van der Waals surface area contributed by atoms with E-state index in [0.29, 0.717) is 5.92 Å². The molecule has 0 aliphatic carbocycles. The summed E-state index contributed by atoms with van der Waals surface area (Å²) in [5.41, 5.74) is 6.16. The minimum atomic E-state index is 0.572. The van der Waals surface area contributed by atoms with Gasteiger partial charge in [-0.2, -0.15) is 0 Å². The normalized spacial score (nSPS) is 11.7. The Bertz CT molecular complexity index is 1030. The van der Waals surface area contributed by atoms with Crippen LogP contribution in [0, 0.1) is 12.8 Å². The summed E-state index contributed by atoms with van der Waals surface area (Å²) < 4.78 is 5.73. The van der Waals surface area contributed by atoms with Crippen molar-refractivity contribution in [1.29, 1.82) is 0 Å². The minimum absolute atomic E-state index is 0.572. The Hall–Kier alpha value is -2.68. The van der Waals surface area contributed by atoms with Crippen molar-refractivity contribution in [1.82, 2.24) is 9.97 Å². The lowest BCUT2D eigenvalue weighted by atomic mass is 9.98. The first-order valence-corrected chi connectivity index (χ1v) is 8.35. The molecule has 0 fully saturated rings. The number of benzene rings is 1. The Balaban J connectivity index is 2.04. The van der Waals surface area contributed by atoms with E-state index in [2.05, 4.69) is 50.0 Å². The van der Waals surface area contributed by atoms with Crippen molar-refractivity contribution in [3.8, 4) is 11.3 Å². The van der Waals surface area contributed by atoms with Crippen LogP contribution in [0.15, 0.2) is 53.3 Å². The van der Waals surface area contributed by atoms with Crippen molar-refractivity contribution in [2.45, 2.75) is 27.2 Å². The van der Waals surface area contributed by atoms with Gasteiger partial charge in [0.15, 0.2) is 5.58 Å². The van der Waals surface area contributed by atoms with Crippen LogP contribution in [0.2, 0.25) is 0 Å². The molecule has 3 heterocycles. The van der Waals surface area contributed by atoms with Crippen LogP contribution in [0.3, 0.4) is 0 Å². The van der Waals surface area contributed by atoms with Crippen molar-refractivity contribution in [3.63, 3.8) is 0 Å². The average molecular weight is 316 g/mol. The van der Waals surface area contributed by atoms with Gasteiger partial charge in [-0.25, -0.2) is 4.98 Å². The third-order valence-electron chi connectivity index (χ3n) is 4.34. The molecule has 0 aliphatic heterocycles. The Labute approximate surface area is 141 Å². The van der Waals surface area contributed by atoms with Gasteiger partial charge in [-0.1, -0.05) is 26.0 Å². The van der Waals surface area contributed by atoms with E-state index < -0.39 is 0 Å². The lowest BCUT2D eigenvalue weighted by Crippen LogP contribution is -1.98. The summed E-state index contributed by atoms with van der Waals surface area (Å²) in [6.45, 7) is 6.51. The second-order valence-corrected chi connectivity index (χ2v) is 6.73. The van der Waals surface area contributed by atoms with Gasteiger partial charge in [0, 0.05) is 28.2 Å². The molecule has 1 aromatic carbocycles. The van der Waals surface area contributed by atoms with Gasteiger partial charge in [0.2, 0.25) is 0 Å². The maximum atomic E-state index is 5.73. The zero-order chi connectivity index (χ0) is 16.7. The van der Waals surface area contributed by atoms with Crippen molar-refractivity contribution in [2.24, 2.45) is 5.92 Å². The smallest absolute Gasteiger partial charge is 0.160 e. The largest absolute Gasteiger partial charge is 0.462 e. The fourth-order valence-electron chi connectivity index (χ4n) is 3.24. The molecule has 0 saturated carbocycles. The fourth-order valence-corrected chi connectivity index (χ4v) is 3.24. The van der Waals surface area contributed by atoms with Gasteiger partial charge in [-0.05, 0) is 49.1 Å². The minimum Gasteiger partial charge on any atom is -0.462 e. The molecule has 0 saturated heterocycles. The molecule has 0 atom stereocenters. The van der Waals surface area contributed by atoms with Gasteiger partial charge < -0.3 is 4.42 Å². The Kier molecular flexibility index (Phi) is 3.57. The highest BCUT2D eigenvalue weighted by Crippen LogP contribution is 2.35. The summed E-state index contributed by atoms with van der Waals surface area (Å²) in [4.78, 5) is 9.51. The summed E-state index contributed by atoms with van der Waals surface area (Å²) in [7, 11) is 0. The number of pyridine rings is 2. The first-order chi connectivity index (χ1) is 11.6. The number of rotatable bonds is 3. The Morgan fingerprint density at radius 2 is 2.00 bits per heavy atom. The lowest BCUT2D eigenvalue weighted by Gasteiger charge is -2.11. The van der Waals surface area contributed by atoms with E-state index in [1.807, 2.05) is 18.3 Å². The van der Waals surface area contributed by atoms with Crippen LogP contribution < -0.4 is 0 Å². The van der Waals surface area contributed by atoms with Crippen LogP contribution in [0.25, 0.3) is 33.1 Å². The zero-order valence-corrected chi connectivity index (χ0v) is 14.2. The van der Waals surface area contributed by atoms with Crippen molar-refractivity contribution in [2.75, 3.05) is 0 Å². The molecular formula is C21H20N2O. The number of hydrogen-bond donors (Lipinski definition) is 0. The molecule has 3 nitrogen and oxygen atoms in total. The molecule has 3 aromatic heterocycles. The quantitative estimate of drug-likeness (QED) is 0.497. The summed E-state index contributed by atoms with van der Waals surface area (Å²) in [6.07, 6.45) is 4.54. The van der Waals surface area contributed by atoms with E-state index in [-0.39, 0.29) is 0 Å². The molecule has 4 rings (SSSR count). The molecule has 0 radical (unpaired) electrons. The predicted molar refractivity (Wildman–Crippen MR) is 98.0 cm³/mol. The first kappa shape index (κ1) is 14.9. The van der Waals surface area contributed by atoms with Crippen LogP contribution in [0.4, 0.5) is 0 Å². The van der Waals surface area contributed by atoms with Crippen molar-refractivity contribution in [3.05, 3.63) is 60.1 Å². The Morgan fingerprint density at radius 3 is 2.79 bits per heavy atom. The first-order valence-electron chi connectivity index (χ1n) is 8.35. The lowest BCUT2D eigenvalue weighted by molar-refractivity contribution is 0.616. The molecule has 4 aromatic rings. The van der Waals surface area contributed by atoms with E-state index in [9.17, 15) is 0 Å². The molecule has 0 amide bonds. The predicted octanol–water partition coefficient (Wildman–Crippen LogP) is 5.55. The molecule has 3 heteroatoms. The van der Waals surface area contributed by atoms with Gasteiger partial charge >= 0.3 is 0 Å². The summed E-state index contributed by atoms with van der Waals surface area (Å²) >= 11 is 0. The van der Waals surface area contributed by atoms with Gasteiger partial charge in [-0.3, -0.25) is 4.98 Å². The zero-order valence-electron chi connectivity index (χ0n) is 14.2. The van der Waals surface area contributed by atoms with Crippen molar-refractivity contribution >= 4 is 21.9 Å². The fraction of sp³-hybridized carbons (Fsp3) is 0.238. The van der Waals surface area contributed by atoms with Crippen LogP contribution in [0.5, 0.6) is 0 Å².